The highest BCUT2D eigenvalue weighted by Crippen LogP contribution is 2.25. The third-order valence-corrected chi connectivity index (χ3v) is 5.70. The van der Waals surface area contributed by atoms with Crippen LogP contribution in [0.25, 0.3) is 0 Å². The average Bonchev–Trinajstić information content (AvgIpc) is 2.50. The summed E-state index contributed by atoms with van der Waals surface area (Å²) in [7, 11) is 0.239. The van der Waals surface area contributed by atoms with Crippen molar-refractivity contribution in [2.24, 2.45) is 0 Å². The predicted molar refractivity (Wildman–Crippen MR) is 93.6 cm³/mol. The smallest absolute Gasteiger partial charge is 0.242 e. The molecule has 0 saturated heterocycles. The molecule has 0 fully saturated rings. The zero-order valence-corrected chi connectivity index (χ0v) is 15.2. The zero-order chi connectivity index (χ0) is 17.0. The first-order chi connectivity index (χ1) is 10.8. The Kier molecular flexibility index (Phi) is 6.06. The Labute approximate surface area is 147 Å². The van der Waals surface area contributed by atoms with Crippen LogP contribution in [0.3, 0.4) is 0 Å². The van der Waals surface area contributed by atoms with E-state index < -0.39 is 10.0 Å². The molecule has 0 aliphatic carbocycles. The molecule has 1 atom stereocenters. The van der Waals surface area contributed by atoms with E-state index in [0.717, 1.165) is 10.5 Å². The fourth-order valence-corrected chi connectivity index (χ4v) is 4.10. The van der Waals surface area contributed by atoms with Crippen molar-refractivity contribution >= 4 is 33.2 Å². The van der Waals surface area contributed by atoms with Crippen molar-refractivity contribution in [2.45, 2.75) is 10.9 Å². The lowest BCUT2D eigenvalue weighted by Crippen LogP contribution is -3.07. The molecule has 7 heteroatoms. The van der Waals surface area contributed by atoms with Gasteiger partial charge >= 0.3 is 0 Å². The average molecular weight is 374 g/mol. The molecule has 0 amide bonds. The standard InChI is InChI=1S/C16H18Cl2N2O2S/c1-20(2)15(12-6-4-3-5-7-12)11-19-23(21,22)16-10-13(17)8-9-14(16)18/h3-10,15,19H,11H2,1-2H3/p+1. The Morgan fingerprint density at radius 1 is 1.09 bits per heavy atom. The van der Waals surface area contributed by atoms with Crippen LogP contribution in [0.4, 0.5) is 0 Å². The van der Waals surface area contributed by atoms with E-state index in [0.29, 0.717) is 5.02 Å². The van der Waals surface area contributed by atoms with E-state index in [9.17, 15) is 8.42 Å². The summed E-state index contributed by atoms with van der Waals surface area (Å²) in [4.78, 5) is 1.11. The number of quaternary nitrogens is 1. The summed E-state index contributed by atoms with van der Waals surface area (Å²) in [5, 5.41) is 0.475. The Hall–Kier alpha value is -1.11. The highest BCUT2D eigenvalue weighted by Gasteiger charge is 2.23. The molecule has 2 aromatic rings. The van der Waals surface area contributed by atoms with Crippen LogP contribution in [0.1, 0.15) is 11.6 Å². The van der Waals surface area contributed by atoms with Crippen LogP contribution in [0.5, 0.6) is 0 Å². The van der Waals surface area contributed by atoms with Crippen molar-refractivity contribution < 1.29 is 13.3 Å². The van der Waals surface area contributed by atoms with Gasteiger partial charge in [0.25, 0.3) is 0 Å². The van der Waals surface area contributed by atoms with Gasteiger partial charge in [-0.3, -0.25) is 0 Å². The molecule has 0 saturated carbocycles. The van der Waals surface area contributed by atoms with E-state index in [-0.39, 0.29) is 22.5 Å². The highest BCUT2D eigenvalue weighted by atomic mass is 35.5. The van der Waals surface area contributed by atoms with Crippen molar-refractivity contribution in [1.29, 1.82) is 0 Å². The Morgan fingerprint density at radius 3 is 2.35 bits per heavy atom. The summed E-state index contributed by atoms with van der Waals surface area (Å²) in [6.07, 6.45) is 0. The lowest BCUT2D eigenvalue weighted by molar-refractivity contribution is -0.890. The number of rotatable bonds is 6. The lowest BCUT2D eigenvalue weighted by atomic mass is 10.1. The summed E-state index contributed by atoms with van der Waals surface area (Å²) in [5.41, 5.74) is 1.06. The fourth-order valence-electron chi connectivity index (χ4n) is 2.29. The van der Waals surface area contributed by atoms with Gasteiger partial charge < -0.3 is 4.90 Å². The van der Waals surface area contributed by atoms with E-state index in [1.54, 1.807) is 6.07 Å². The second-order valence-corrected chi connectivity index (χ2v) is 8.05. The summed E-state index contributed by atoms with van der Waals surface area (Å²) in [6.45, 7) is 0.261. The fraction of sp³-hybridized carbons (Fsp3) is 0.250. The largest absolute Gasteiger partial charge is 0.333 e. The van der Waals surface area contributed by atoms with E-state index >= 15 is 0 Å². The van der Waals surface area contributed by atoms with Crippen LogP contribution in [0.15, 0.2) is 53.4 Å². The van der Waals surface area contributed by atoms with Crippen molar-refractivity contribution in [2.75, 3.05) is 20.6 Å². The molecule has 0 bridgehead atoms. The summed E-state index contributed by atoms with van der Waals surface area (Å²) in [6, 6.07) is 14.2. The predicted octanol–water partition coefficient (Wildman–Crippen LogP) is 2.16. The molecule has 0 aromatic heterocycles. The number of halogens is 2. The Bertz CT molecular complexity index is 765. The third-order valence-electron chi connectivity index (χ3n) is 3.56. The first-order valence-electron chi connectivity index (χ1n) is 7.11. The van der Waals surface area contributed by atoms with Gasteiger partial charge in [-0.15, -0.1) is 0 Å². The number of hydrogen-bond acceptors (Lipinski definition) is 2. The first kappa shape index (κ1) is 18.2. The molecule has 2 rings (SSSR count). The normalized spacial score (nSPS) is 13.3. The second kappa shape index (κ2) is 7.64. The molecule has 0 aliphatic rings. The van der Waals surface area contributed by atoms with Gasteiger partial charge in [0.2, 0.25) is 10.0 Å². The van der Waals surface area contributed by atoms with Gasteiger partial charge in [0.1, 0.15) is 10.9 Å². The molecule has 2 N–H and O–H groups in total. The van der Waals surface area contributed by atoms with Crippen molar-refractivity contribution in [1.82, 2.24) is 4.72 Å². The Balaban J connectivity index is 2.22. The van der Waals surface area contributed by atoms with Gasteiger partial charge in [0.05, 0.1) is 25.7 Å². The SMILES string of the molecule is C[NH+](C)C(CNS(=O)(=O)c1cc(Cl)ccc1Cl)c1ccccc1. The minimum Gasteiger partial charge on any atom is -0.333 e. The zero-order valence-electron chi connectivity index (χ0n) is 12.9. The molecule has 2 aromatic carbocycles. The molecule has 1 unspecified atom stereocenters. The maximum atomic E-state index is 12.5. The number of hydrogen-bond donors (Lipinski definition) is 2. The minimum absolute atomic E-state index is 0.00719. The van der Waals surface area contributed by atoms with E-state index in [4.69, 9.17) is 23.2 Å². The van der Waals surface area contributed by atoms with Gasteiger partial charge in [0, 0.05) is 10.6 Å². The minimum atomic E-state index is -3.73. The van der Waals surface area contributed by atoms with Crippen LogP contribution in [0.2, 0.25) is 10.0 Å². The molecule has 0 radical (unpaired) electrons. The summed E-state index contributed by atoms with van der Waals surface area (Å²) >= 11 is 11.9. The van der Waals surface area contributed by atoms with Gasteiger partial charge in [-0.25, -0.2) is 13.1 Å². The topological polar surface area (TPSA) is 50.6 Å². The van der Waals surface area contributed by atoms with Crippen LogP contribution < -0.4 is 9.62 Å². The third kappa shape index (κ3) is 4.68. The van der Waals surface area contributed by atoms with Crippen molar-refractivity contribution in [3.8, 4) is 0 Å². The van der Waals surface area contributed by atoms with Crippen molar-refractivity contribution in [3.05, 3.63) is 64.1 Å². The van der Waals surface area contributed by atoms with E-state index in [2.05, 4.69) is 4.72 Å². The molecule has 0 spiro atoms. The van der Waals surface area contributed by atoms with E-state index in [1.807, 2.05) is 44.4 Å². The molecule has 124 valence electrons. The number of benzene rings is 2. The number of nitrogens with one attached hydrogen (secondary N) is 2. The highest BCUT2D eigenvalue weighted by molar-refractivity contribution is 7.89. The van der Waals surface area contributed by atoms with Gasteiger partial charge in [-0.05, 0) is 18.2 Å². The van der Waals surface area contributed by atoms with E-state index in [1.165, 1.54) is 12.1 Å². The number of sulfonamides is 1. The molecule has 0 aliphatic heterocycles. The molecule has 23 heavy (non-hydrogen) atoms. The molecule has 0 heterocycles. The lowest BCUT2D eigenvalue weighted by Gasteiger charge is -2.22. The van der Waals surface area contributed by atoms with Crippen LogP contribution in [0, 0.1) is 0 Å². The number of likely N-dealkylation sites (N-methyl/N-ethyl adjacent to an activating group) is 1. The Morgan fingerprint density at radius 2 is 1.74 bits per heavy atom. The molecular formula is C16H19Cl2N2O2S+. The monoisotopic (exact) mass is 373 g/mol. The molecular weight excluding hydrogens is 355 g/mol. The van der Waals surface area contributed by atoms with Crippen LogP contribution in [-0.2, 0) is 10.0 Å². The van der Waals surface area contributed by atoms with Crippen LogP contribution >= 0.6 is 23.2 Å². The van der Waals surface area contributed by atoms with Gasteiger partial charge in [-0.1, -0.05) is 53.5 Å². The van der Waals surface area contributed by atoms with Gasteiger partial charge in [0.15, 0.2) is 0 Å². The van der Waals surface area contributed by atoms with Crippen LogP contribution in [-0.4, -0.2) is 29.1 Å². The summed E-state index contributed by atoms with van der Waals surface area (Å²) in [5.74, 6) is 0. The maximum absolute atomic E-state index is 12.5. The first-order valence-corrected chi connectivity index (χ1v) is 9.35. The van der Waals surface area contributed by atoms with Gasteiger partial charge in [-0.2, -0.15) is 0 Å². The molecule has 4 nitrogen and oxygen atoms in total. The van der Waals surface area contributed by atoms with Crippen molar-refractivity contribution in [3.63, 3.8) is 0 Å². The second-order valence-electron chi connectivity index (χ2n) is 5.47. The maximum Gasteiger partial charge on any atom is 0.242 e. The summed E-state index contributed by atoms with van der Waals surface area (Å²) < 4.78 is 27.6. The quantitative estimate of drug-likeness (QED) is 0.814.